The summed E-state index contributed by atoms with van der Waals surface area (Å²) in [6.45, 7) is 6.94. The standard InChI is InChI=1S/C31H30ClNO4/c1-4-31(2,3)22-10-13-24(14-11-22)36-20-28-26(30(34)35)16-17-27(33-28)25-15-12-23(32)18-29(25)37-19-21-8-6-5-7-9-21/h5-18H,4,19-20H2,1-3H3,(H,34,35). The van der Waals surface area contributed by atoms with E-state index in [0.29, 0.717) is 40.1 Å². The molecular formula is C31H30ClNO4. The van der Waals surface area contributed by atoms with E-state index >= 15 is 0 Å². The van der Waals surface area contributed by atoms with E-state index in [0.717, 1.165) is 12.0 Å². The highest BCUT2D eigenvalue weighted by Crippen LogP contribution is 2.33. The number of aromatic nitrogens is 1. The number of halogens is 1. The SMILES string of the molecule is CCC(C)(C)c1ccc(OCc2nc(-c3ccc(Cl)cc3OCc3ccccc3)ccc2C(=O)O)cc1. The number of aromatic carboxylic acids is 1. The summed E-state index contributed by atoms with van der Waals surface area (Å²) in [5.74, 6) is 0.153. The number of carboxylic acids is 1. The first kappa shape index (κ1) is 26.2. The summed E-state index contributed by atoms with van der Waals surface area (Å²) in [7, 11) is 0. The Bertz CT molecular complexity index is 1370. The van der Waals surface area contributed by atoms with Crippen molar-refractivity contribution in [2.24, 2.45) is 0 Å². The molecule has 0 aliphatic heterocycles. The molecule has 0 saturated carbocycles. The van der Waals surface area contributed by atoms with Gasteiger partial charge in [-0.25, -0.2) is 9.78 Å². The highest BCUT2D eigenvalue weighted by atomic mass is 35.5. The summed E-state index contributed by atoms with van der Waals surface area (Å²) in [5.41, 5.74) is 4.02. The van der Waals surface area contributed by atoms with Crippen LogP contribution in [0.2, 0.25) is 5.02 Å². The monoisotopic (exact) mass is 515 g/mol. The van der Waals surface area contributed by atoms with E-state index in [1.807, 2.05) is 60.7 Å². The molecule has 0 spiro atoms. The van der Waals surface area contributed by atoms with E-state index in [-0.39, 0.29) is 17.6 Å². The smallest absolute Gasteiger partial charge is 0.337 e. The maximum Gasteiger partial charge on any atom is 0.337 e. The first-order valence-corrected chi connectivity index (χ1v) is 12.6. The molecule has 0 aliphatic rings. The van der Waals surface area contributed by atoms with Gasteiger partial charge in [-0.15, -0.1) is 0 Å². The molecule has 1 heterocycles. The predicted octanol–water partition coefficient (Wildman–Crippen LogP) is 7.95. The zero-order valence-corrected chi connectivity index (χ0v) is 22.0. The number of carboxylic acid groups (broad SMARTS) is 1. The molecule has 1 N–H and O–H groups in total. The average Bonchev–Trinajstić information content (AvgIpc) is 2.91. The molecule has 0 radical (unpaired) electrons. The summed E-state index contributed by atoms with van der Waals surface area (Å²) in [4.78, 5) is 16.6. The Hall–Kier alpha value is -3.83. The van der Waals surface area contributed by atoms with Crippen LogP contribution in [0.5, 0.6) is 11.5 Å². The van der Waals surface area contributed by atoms with Crippen molar-refractivity contribution in [2.45, 2.75) is 45.8 Å². The Balaban J connectivity index is 1.59. The molecule has 4 aromatic rings. The van der Waals surface area contributed by atoms with Crippen molar-refractivity contribution >= 4 is 17.6 Å². The fourth-order valence-corrected chi connectivity index (χ4v) is 4.04. The van der Waals surface area contributed by atoms with Crippen LogP contribution in [0.4, 0.5) is 0 Å². The molecule has 37 heavy (non-hydrogen) atoms. The van der Waals surface area contributed by atoms with Gasteiger partial charge in [-0.3, -0.25) is 0 Å². The van der Waals surface area contributed by atoms with Gasteiger partial charge in [0.05, 0.1) is 17.0 Å². The first-order chi connectivity index (χ1) is 17.8. The van der Waals surface area contributed by atoms with Crippen LogP contribution in [0, 0.1) is 0 Å². The normalized spacial score (nSPS) is 11.2. The lowest BCUT2D eigenvalue weighted by molar-refractivity contribution is 0.0693. The van der Waals surface area contributed by atoms with Crippen LogP contribution in [-0.4, -0.2) is 16.1 Å². The highest BCUT2D eigenvalue weighted by Gasteiger charge is 2.19. The van der Waals surface area contributed by atoms with Crippen LogP contribution in [0.1, 0.15) is 54.4 Å². The fraction of sp³-hybridized carbons (Fsp3) is 0.226. The predicted molar refractivity (Wildman–Crippen MR) is 147 cm³/mol. The molecule has 0 fully saturated rings. The zero-order chi connectivity index (χ0) is 26.4. The molecule has 5 nitrogen and oxygen atoms in total. The molecule has 0 bridgehead atoms. The fourth-order valence-electron chi connectivity index (χ4n) is 3.88. The van der Waals surface area contributed by atoms with Gasteiger partial charge in [-0.1, -0.05) is 74.8 Å². The van der Waals surface area contributed by atoms with Gasteiger partial charge in [0.15, 0.2) is 0 Å². The minimum Gasteiger partial charge on any atom is -0.488 e. The third-order valence-electron chi connectivity index (χ3n) is 6.56. The lowest BCUT2D eigenvalue weighted by Crippen LogP contribution is -2.15. The quantitative estimate of drug-likeness (QED) is 0.232. The summed E-state index contributed by atoms with van der Waals surface area (Å²) < 4.78 is 12.0. The topological polar surface area (TPSA) is 68.7 Å². The molecule has 4 rings (SSSR count). The maximum absolute atomic E-state index is 11.9. The van der Waals surface area contributed by atoms with Crippen molar-refractivity contribution in [3.8, 4) is 22.8 Å². The van der Waals surface area contributed by atoms with Gasteiger partial charge in [0.2, 0.25) is 0 Å². The van der Waals surface area contributed by atoms with E-state index in [1.165, 1.54) is 5.56 Å². The Labute approximate surface area is 222 Å². The Kier molecular flexibility index (Phi) is 8.14. The van der Waals surface area contributed by atoms with Gasteiger partial charge in [0.25, 0.3) is 0 Å². The Morgan fingerprint density at radius 3 is 2.32 bits per heavy atom. The molecule has 0 aliphatic carbocycles. The molecule has 0 saturated heterocycles. The van der Waals surface area contributed by atoms with Crippen LogP contribution in [0.15, 0.2) is 84.9 Å². The number of rotatable bonds is 10. The van der Waals surface area contributed by atoms with Crippen LogP contribution in [0.3, 0.4) is 0 Å². The molecule has 190 valence electrons. The van der Waals surface area contributed by atoms with E-state index in [2.05, 4.69) is 25.8 Å². The Morgan fingerprint density at radius 2 is 1.65 bits per heavy atom. The Morgan fingerprint density at radius 1 is 0.919 bits per heavy atom. The first-order valence-electron chi connectivity index (χ1n) is 12.2. The van der Waals surface area contributed by atoms with E-state index in [9.17, 15) is 9.90 Å². The highest BCUT2D eigenvalue weighted by molar-refractivity contribution is 6.30. The van der Waals surface area contributed by atoms with Gasteiger partial charge in [0, 0.05) is 10.6 Å². The van der Waals surface area contributed by atoms with Gasteiger partial charge < -0.3 is 14.6 Å². The van der Waals surface area contributed by atoms with Crippen LogP contribution in [0.25, 0.3) is 11.3 Å². The minimum atomic E-state index is -1.06. The third kappa shape index (κ3) is 6.49. The van der Waals surface area contributed by atoms with Crippen LogP contribution >= 0.6 is 11.6 Å². The largest absolute Gasteiger partial charge is 0.488 e. The number of benzene rings is 3. The second-order valence-electron chi connectivity index (χ2n) is 9.46. The summed E-state index contributed by atoms with van der Waals surface area (Å²) in [5, 5.41) is 10.3. The summed E-state index contributed by atoms with van der Waals surface area (Å²) in [6.07, 6.45) is 1.02. The van der Waals surface area contributed by atoms with Crippen molar-refractivity contribution < 1.29 is 19.4 Å². The van der Waals surface area contributed by atoms with Gasteiger partial charge in [-0.05, 0) is 65.4 Å². The number of carbonyl (C=O) groups is 1. The van der Waals surface area contributed by atoms with Crippen molar-refractivity contribution in [3.05, 3.63) is 112 Å². The number of nitrogens with zero attached hydrogens (tertiary/aromatic N) is 1. The van der Waals surface area contributed by atoms with E-state index in [1.54, 1.807) is 24.3 Å². The maximum atomic E-state index is 11.9. The van der Waals surface area contributed by atoms with Crippen molar-refractivity contribution in [2.75, 3.05) is 0 Å². The van der Waals surface area contributed by atoms with Crippen LogP contribution < -0.4 is 9.47 Å². The van der Waals surface area contributed by atoms with Crippen molar-refractivity contribution in [1.82, 2.24) is 4.98 Å². The molecule has 0 atom stereocenters. The number of hydrogen-bond acceptors (Lipinski definition) is 4. The number of ether oxygens (including phenoxy) is 2. The third-order valence-corrected chi connectivity index (χ3v) is 6.79. The average molecular weight is 516 g/mol. The zero-order valence-electron chi connectivity index (χ0n) is 21.2. The lowest BCUT2D eigenvalue weighted by Gasteiger charge is -2.23. The number of pyridine rings is 1. The molecule has 0 unspecified atom stereocenters. The van der Waals surface area contributed by atoms with E-state index in [4.69, 9.17) is 21.1 Å². The molecule has 0 amide bonds. The van der Waals surface area contributed by atoms with Crippen molar-refractivity contribution in [1.29, 1.82) is 0 Å². The van der Waals surface area contributed by atoms with Crippen LogP contribution in [-0.2, 0) is 18.6 Å². The second-order valence-corrected chi connectivity index (χ2v) is 9.90. The minimum absolute atomic E-state index is 0.0137. The molecule has 6 heteroatoms. The van der Waals surface area contributed by atoms with E-state index < -0.39 is 5.97 Å². The van der Waals surface area contributed by atoms with Gasteiger partial charge in [0.1, 0.15) is 24.7 Å². The second kappa shape index (κ2) is 11.5. The van der Waals surface area contributed by atoms with Gasteiger partial charge >= 0.3 is 5.97 Å². The van der Waals surface area contributed by atoms with Gasteiger partial charge in [-0.2, -0.15) is 0 Å². The lowest BCUT2D eigenvalue weighted by atomic mass is 9.82. The molecule has 1 aromatic heterocycles. The number of hydrogen-bond donors (Lipinski definition) is 1. The summed E-state index contributed by atoms with van der Waals surface area (Å²) >= 11 is 6.25. The molecular weight excluding hydrogens is 486 g/mol. The van der Waals surface area contributed by atoms with Crippen molar-refractivity contribution in [3.63, 3.8) is 0 Å². The summed E-state index contributed by atoms with van der Waals surface area (Å²) in [6, 6.07) is 26.3. The molecule has 3 aromatic carbocycles.